The lowest BCUT2D eigenvalue weighted by molar-refractivity contribution is -0.113. The number of thioether (sulfide) groups is 1. The van der Waals surface area contributed by atoms with E-state index in [0.717, 1.165) is 11.3 Å². The maximum Gasteiger partial charge on any atom is 0.348 e. The van der Waals surface area contributed by atoms with Crippen LogP contribution in [0.2, 0.25) is 0 Å². The van der Waals surface area contributed by atoms with Crippen molar-refractivity contribution >= 4 is 45.9 Å². The molecule has 0 saturated heterocycles. The van der Waals surface area contributed by atoms with E-state index in [0.29, 0.717) is 28.8 Å². The summed E-state index contributed by atoms with van der Waals surface area (Å²) in [5.74, 6) is -0.386. The average molecular weight is 517 g/mol. The van der Waals surface area contributed by atoms with Crippen molar-refractivity contribution in [3.63, 3.8) is 0 Å². The van der Waals surface area contributed by atoms with Gasteiger partial charge in [0.15, 0.2) is 11.0 Å². The molecule has 1 amide bonds. The topological polar surface area (TPSA) is 122 Å². The van der Waals surface area contributed by atoms with Crippen LogP contribution in [0.5, 0.6) is 5.75 Å². The molecule has 0 bridgehead atoms. The number of carbonyl (C=O) groups is 3. The number of rotatable bonds is 11. The van der Waals surface area contributed by atoms with Gasteiger partial charge >= 0.3 is 11.9 Å². The zero-order chi connectivity index (χ0) is 25.4. The number of benzene rings is 1. The van der Waals surface area contributed by atoms with Crippen LogP contribution in [-0.2, 0) is 27.4 Å². The first-order valence-corrected chi connectivity index (χ1v) is 12.1. The third-order valence-electron chi connectivity index (χ3n) is 4.71. The lowest BCUT2D eigenvalue weighted by atomic mass is 10.1. The zero-order valence-corrected chi connectivity index (χ0v) is 21.0. The number of methoxy groups -OCH3 is 2. The van der Waals surface area contributed by atoms with Crippen molar-refractivity contribution < 1.29 is 28.6 Å². The van der Waals surface area contributed by atoms with E-state index in [1.807, 2.05) is 30.3 Å². The molecule has 0 atom stereocenters. The lowest BCUT2D eigenvalue weighted by Gasteiger charge is -2.09. The highest BCUT2D eigenvalue weighted by molar-refractivity contribution is 7.99. The van der Waals surface area contributed by atoms with Crippen molar-refractivity contribution in [3.8, 4) is 5.75 Å². The van der Waals surface area contributed by atoms with Gasteiger partial charge in [-0.1, -0.05) is 36.0 Å². The molecular weight excluding hydrogens is 492 g/mol. The summed E-state index contributed by atoms with van der Waals surface area (Å²) in [5, 5.41) is 11.8. The highest BCUT2D eigenvalue weighted by Crippen LogP contribution is 2.34. The number of carbonyl (C=O) groups excluding carboxylic acids is 3. The van der Waals surface area contributed by atoms with Crippen molar-refractivity contribution in [1.29, 1.82) is 0 Å². The molecule has 12 heteroatoms. The van der Waals surface area contributed by atoms with Crippen LogP contribution in [0.4, 0.5) is 5.00 Å². The molecule has 0 radical (unpaired) electrons. The van der Waals surface area contributed by atoms with E-state index in [4.69, 9.17) is 14.2 Å². The van der Waals surface area contributed by atoms with Crippen LogP contribution in [-0.4, -0.2) is 52.6 Å². The number of aromatic nitrogens is 3. The number of amides is 1. The van der Waals surface area contributed by atoms with E-state index < -0.39 is 17.8 Å². The van der Waals surface area contributed by atoms with Crippen LogP contribution in [0.3, 0.4) is 0 Å². The number of esters is 2. The van der Waals surface area contributed by atoms with E-state index >= 15 is 0 Å². The second-order valence-corrected chi connectivity index (χ2v) is 8.94. The number of thiophene rings is 1. The van der Waals surface area contributed by atoms with Gasteiger partial charge in [0.05, 0.1) is 25.5 Å². The molecule has 0 aliphatic heterocycles. The number of para-hydroxylation sites is 1. The molecule has 0 aliphatic carbocycles. The Labute approximate surface area is 210 Å². The van der Waals surface area contributed by atoms with Crippen molar-refractivity contribution in [2.45, 2.75) is 25.2 Å². The molecule has 2 heterocycles. The Kier molecular flexibility index (Phi) is 9.04. The van der Waals surface area contributed by atoms with Gasteiger partial charge in [-0.15, -0.1) is 28.1 Å². The van der Waals surface area contributed by atoms with Crippen LogP contribution < -0.4 is 10.1 Å². The summed E-state index contributed by atoms with van der Waals surface area (Å²) in [6.45, 7) is 5.99. The minimum absolute atomic E-state index is 0.0140. The van der Waals surface area contributed by atoms with E-state index in [2.05, 4.69) is 22.1 Å². The molecule has 0 fully saturated rings. The largest absolute Gasteiger partial charge is 0.486 e. The van der Waals surface area contributed by atoms with Gasteiger partial charge in [0.2, 0.25) is 5.91 Å². The fraction of sp³-hybridized carbons (Fsp3) is 0.261. The third-order valence-corrected chi connectivity index (χ3v) is 6.86. The van der Waals surface area contributed by atoms with Gasteiger partial charge in [-0.25, -0.2) is 9.59 Å². The summed E-state index contributed by atoms with van der Waals surface area (Å²) in [6.07, 6.45) is 1.70. The number of hydrogen-bond donors (Lipinski definition) is 1. The summed E-state index contributed by atoms with van der Waals surface area (Å²) >= 11 is 2.12. The molecule has 0 unspecified atom stereocenters. The van der Waals surface area contributed by atoms with Crippen molar-refractivity contribution in [1.82, 2.24) is 14.8 Å². The Morgan fingerprint density at radius 3 is 2.51 bits per heavy atom. The maximum atomic E-state index is 12.7. The van der Waals surface area contributed by atoms with Crippen LogP contribution in [0.15, 0.2) is 48.1 Å². The minimum atomic E-state index is -0.661. The van der Waals surface area contributed by atoms with Crippen LogP contribution in [0.1, 0.15) is 31.4 Å². The standard InChI is InChI=1S/C23H24N4O6S2/c1-5-11-27-16(12-33-15-9-7-6-8-10-15)25-26-23(27)34-13-17(28)24-20-18(21(29)31-3)14(2)19(35-20)22(30)32-4/h5-10H,1,11-13H2,2-4H3,(H,24,28). The highest BCUT2D eigenvalue weighted by atomic mass is 32.2. The first-order valence-electron chi connectivity index (χ1n) is 10.3. The molecule has 10 nitrogen and oxygen atoms in total. The molecule has 3 rings (SSSR count). The molecule has 35 heavy (non-hydrogen) atoms. The van der Waals surface area contributed by atoms with Crippen LogP contribution in [0, 0.1) is 6.92 Å². The third kappa shape index (κ3) is 6.28. The first-order chi connectivity index (χ1) is 16.9. The minimum Gasteiger partial charge on any atom is -0.486 e. The second kappa shape index (κ2) is 12.2. The second-order valence-electron chi connectivity index (χ2n) is 6.98. The summed E-state index contributed by atoms with van der Waals surface area (Å²) in [5.41, 5.74) is 0.497. The van der Waals surface area contributed by atoms with Gasteiger partial charge in [-0.3, -0.25) is 9.36 Å². The van der Waals surface area contributed by atoms with E-state index in [-0.39, 0.29) is 27.8 Å². The predicted molar refractivity (Wildman–Crippen MR) is 132 cm³/mol. The van der Waals surface area contributed by atoms with E-state index in [1.54, 1.807) is 17.6 Å². The fourth-order valence-corrected chi connectivity index (χ4v) is 4.94. The molecule has 0 spiro atoms. The normalized spacial score (nSPS) is 10.5. The van der Waals surface area contributed by atoms with E-state index in [1.165, 1.54) is 26.0 Å². The predicted octanol–water partition coefficient (Wildman–Crippen LogP) is 3.72. The van der Waals surface area contributed by atoms with Gasteiger partial charge in [-0.05, 0) is 24.6 Å². The Bertz CT molecular complexity index is 1220. The number of hydrogen-bond acceptors (Lipinski definition) is 10. The molecule has 184 valence electrons. The Morgan fingerprint density at radius 1 is 1.14 bits per heavy atom. The molecule has 3 aromatic rings. The molecule has 0 aliphatic rings. The summed E-state index contributed by atoms with van der Waals surface area (Å²) in [6, 6.07) is 9.33. The maximum absolute atomic E-state index is 12.7. The zero-order valence-electron chi connectivity index (χ0n) is 19.4. The van der Waals surface area contributed by atoms with Crippen LogP contribution in [0.25, 0.3) is 0 Å². The average Bonchev–Trinajstić information content (AvgIpc) is 3.41. The van der Waals surface area contributed by atoms with Crippen molar-refractivity contribution in [2.24, 2.45) is 0 Å². The first kappa shape index (κ1) is 26.0. The summed E-state index contributed by atoms with van der Waals surface area (Å²) in [4.78, 5) is 37.2. The van der Waals surface area contributed by atoms with E-state index in [9.17, 15) is 14.4 Å². The monoisotopic (exact) mass is 516 g/mol. The van der Waals surface area contributed by atoms with Gasteiger partial charge in [0, 0.05) is 6.54 Å². The molecule has 0 saturated carbocycles. The number of anilines is 1. The number of nitrogens with zero attached hydrogens (tertiary/aromatic N) is 3. The van der Waals surface area contributed by atoms with Gasteiger partial charge in [-0.2, -0.15) is 0 Å². The van der Waals surface area contributed by atoms with Crippen molar-refractivity contribution in [3.05, 3.63) is 64.8 Å². The SMILES string of the molecule is C=CCn1c(COc2ccccc2)nnc1SCC(=O)Nc1sc(C(=O)OC)c(C)c1C(=O)OC. The summed E-state index contributed by atoms with van der Waals surface area (Å²) in [7, 11) is 2.47. The van der Waals surface area contributed by atoms with Gasteiger partial charge in [0.25, 0.3) is 0 Å². The number of allylic oxidation sites excluding steroid dienone is 1. The van der Waals surface area contributed by atoms with Gasteiger partial charge < -0.3 is 19.5 Å². The van der Waals surface area contributed by atoms with Crippen molar-refractivity contribution in [2.75, 3.05) is 25.3 Å². The Balaban J connectivity index is 1.71. The molecule has 1 aromatic carbocycles. The molecule has 2 aromatic heterocycles. The Morgan fingerprint density at radius 2 is 1.86 bits per heavy atom. The van der Waals surface area contributed by atoms with Crippen LogP contribution >= 0.6 is 23.1 Å². The quantitative estimate of drug-likeness (QED) is 0.231. The fourth-order valence-electron chi connectivity index (χ4n) is 3.04. The highest BCUT2D eigenvalue weighted by Gasteiger charge is 2.27. The number of nitrogens with one attached hydrogen (secondary N) is 1. The lowest BCUT2D eigenvalue weighted by Crippen LogP contribution is -2.16. The number of ether oxygens (including phenoxy) is 3. The summed E-state index contributed by atoms with van der Waals surface area (Å²) < 4.78 is 17.1. The molecule has 1 N–H and O–H groups in total. The van der Waals surface area contributed by atoms with Gasteiger partial charge in [0.1, 0.15) is 22.2 Å². The molecular formula is C23H24N4O6S2. The smallest absolute Gasteiger partial charge is 0.348 e. The Hall–Kier alpha value is -3.64.